The lowest BCUT2D eigenvalue weighted by atomic mass is 10.1. The SMILES string of the molecule is CCCC(c1cccs1)N1CC(CS(=O)(=O)F)CC1=O. The molecule has 0 N–H and O–H groups in total. The second kappa shape index (κ2) is 6.22. The molecule has 0 spiro atoms. The molecule has 2 atom stereocenters. The van der Waals surface area contributed by atoms with Crippen LogP contribution in [0.2, 0.25) is 0 Å². The standard InChI is InChI=1S/C13H18FNO3S2/c1-2-4-11(12-5-3-6-19-12)15-8-10(7-13(15)16)9-20(14,17)18/h3,5-6,10-11H,2,4,7-9H2,1H3. The van der Waals surface area contributed by atoms with E-state index in [4.69, 9.17) is 0 Å². The molecular weight excluding hydrogens is 301 g/mol. The molecule has 1 aliphatic rings. The second-order valence-electron chi connectivity index (χ2n) is 5.14. The van der Waals surface area contributed by atoms with Crippen molar-refractivity contribution in [3.63, 3.8) is 0 Å². The summed E-state index contributed by atoms with van der Waals surface area (Å²) in [5, 5.41) is 1.96. The van der Waals surface area contributed by atoms with Gasteiger partial charge >= 0.3 is 10.2 Å². The number of hydrogen-bond acceptors (Lipinski definition) is 4. The molecule has 1 saturated heterocycles. The number of thiophene rings is 1. The molecule has 0 aliphatic carbocycles. The summed E-state index contributed by atoms with van der Waals surface area (Å²) >= 11 is 1.59. The average molecular weight is 319 g/mol. The van der Waals surface area contributed by atoms with E-state index in [-0.39, 0.29) is 18.4 Å². The van der Waals surface area contributed by atoms with Crippen LogP contribution in [0.1, 0.15) is 37.1 Å². The molecule has 1 aromatic rings. The van der Waals surface area contributed by atoms with Crippen molar-refractivity contribution >= 4 is 27.5 Å². The van der Waals surface area contributed by atoms with Crippen molar-refractivity contribution in [2.45, 2.75) is 32.2 Å². The van der Waals surface area contributed by atoms with Crippen molar-refractivity contribution in [3.05, 3.63) is 22.4 Å². The van der Waals surface area contributed by atoms with Gasteiger partial charge in [0.2, 0.25) is 5.91 Å². The first-order valence-corrected chi connectivity index (χ1v) is 9.09. The van der Waals surface area contributed by atoms with Crippen LogP contribution in [0.5, 0.6) is 0 Å². The van der Waals surface area contributed by atoms with E-state index in [0.29, 0.717) is 6.54 Å². The van der Waals surface area contributed by atoms with E-state index in [2.05, 4.69) is 0 Å². The quantitative estimate of drug-likeness (QED) is 0.758. The molecule has 20 heavy (non-hydrogen) atoms. The highest BCUT2D eigenvalue weighted by atomic mass is 32.3. The molecule has 4 nitrogen and oxygen atoms in total. The Morgan fingerprint density at radius 1 is 1.55 bits per heavy atom. The first kappa shape index (κ1) is 15.4. The fourth-order valence-electron chi connectivity index (χ4n) is 2.71. The number of carbonyl (C=O) groups is 1. The smallest absolute Gasteiger partial charge is 0.302 e. The molecule has 1 aromatic heterocycles. The minimum absolute atomic E-state index is 0.0141. The molecule has 0 aromatic carbocycles. The van der Waals surface area contributed by atoms with Crippen molar-refractivity contribution in [2.75, 3.05) is 12.3 Å². The lowest BCUT2D eigenvalue weighted by molar-refractivity contribution is -0.129. The van der Waals surface area contributed by atoms with E-state index < -0.39 is 21.9 Å². The Bertz CT molecular complexity index is 556. The van der Waals surface area contributed by atoms with E-state index in [1.807, 2.05) is 24.4 Å². The van der Waals surface area contributed by atoms with Gasteiger partial charge in [0.05, 0.1) is 11.8 Å². The summed E-state index contributed by atoms with van der Waals surface area (Å²) in [6.07, 6.45) is 1.88. The summed E-state index contributed by atoms with van der Waals surface area (Å²) in [6, 6.07) is 3.91. The lowest BCUT2D eigenvalue weighted by Gasteiger charge is -2.27. The maximum Gasteiger partial charge on any atom is 0.302 e. The van der Waals surface area contributed by atoms with Crippen molar-refractivity contribution in [3.8, 4) is 0 Å². The highest BCUT2D eigenvalue weighted by molar-refractivity contribution is 7.86. The van der Waals surface area contributed by atoms with Crippen LogP contribution < -0.4 is 0 Å². The van der Waals surface area contributed by atoms with E-state index in [9.17, 15) is 17.1 Å². The molecule has 0 saturated carbocycles. The van der Waals surface area contributed by atoms with Crippen molar-refractivity contribution < 1.29 is 17.1 Å². The van der Waals surface area contributed by atoms with Crippen LogP contribution in [-0.4, -0.2) is 31.5 Å². The molecule has 1 aliphatic heterocycles. The Balaban J connectivity index is 2.12. The van der Waals surface area contributed by atoms with Gasteiger partial charge in [0.25, 0.3) is 0 Å². The average Bonchev–Trinajstić information content (AvgIpc) is 2.94. The summed E-state index contributed by atoms with van der Waals surface area (Å²) in [6.45, 7) is 2.37. The summed E-state index contributed by atoms with van der Waals surface area (Å²) in [5.41, 5.74) is 0. The number of likely N-dealkylation sites (tertiary alicyclic amines) is 1. The van der Waals surface area contributed by atoms with Gasteiger partial charge in [-0.1, -0.05) is 19.4 Å². The van der Waals surface area contributed by atoms with Gasteiger partial charge in [0, 0.05) is 23.8 Å². The molecule has 1 fully saturated rings. The zero-order chi connectivity index (χ0) is 14.8. The normalized spacial score (nSPS) is 21.4. The van der Waals surface area contributed by atoms with Gasteiger partial charge in [0.1, 0.15) is 0 Å². The molecule has 7 heteroatoms. The molecule has 0 bridgehead atoms. The van der Waals surface area contributed by atoms with Crippen molar-refractivity contribution in [1.82, 2.24) is 4.90 Å². The van der Waals surface area contributed by atoms with Gasteiger partial charge in [-0.25, -0.2) is 0 Å². The fraction of sp³-hybridized carbons (Fsp3) is 0.615. The number of carbonyl (C=O) groups excluding carboxylic acids is 1. The number of rotatable bonds is 6. The van der Waals surface area contributed by atoms with Gasteiger partial charge < -0.3 is 4.90 Å². The topological polar surface area (TPSA) is 54.5 Å². The Morgan fingerprint density at radius 3 is 2.85 bits per heavy atom. The third-order valence-corrected chi connectivity index (χ3v) is 5.33. The number of nitrogens with zero attached hydrogens (tertiary/aromatic N) is 1. The number of halogens is 1. The van der Waals surface area contributed by atoms with E-state index in [1.54, 1.807) is 16.2 Å². The maximum absolute atomic E-state index is 12.8. The van der Waals surface area contributed by atoms with Crippen LogP contribution in [0, 0.1) is 5.92 Å². The zero-order valence-electron chi connectivity index (χ0n) is 11.3. The van der Waals surface area contributed by atoms with Gasteiger partial charge in [-0.05, 0) is 17.9 Å². The van der Waals surface area contributed by atoms with Crippen LogP contribution >= 0.6 is 11.3 Å². The Kier molecular flexibility index (Phi) is 4.80. The fourth-order valence-corrected chi connectivity index (χ4v) is 4.37. The first-order valence-electron chi connectivity index (χ1n) is 6.66. The summed E-state index contributed by atoms with van der Waals surface area (Å²) in [7, 11) is -4.52. The molecule has 0 radical (unpaired) electrons. The third-order valence-electron chi connectivity index (χ3n) is 3.48. The number of amides is 1. The number of hydrogen-bond donors (Lipinski definition) is 0. The first-order chi connectivity index (χ1) is 9.40. The van der Waals surface area contributed by atoms with Crippen LogP contribution in [-0.2, 0) is 15.0 Å². The third kappa shape index (κ3) is 3.79. The van der Waals surface area contributed by atoms with Crippen LogP contribution in [0.3, 0.4) is 0 Å². The zero-order valence-corrected chi connectivity index (χ0v) is 12.9. The summed E-state index contributed by atoms with van der Waals surface area (Å²) < 4.78 is 34.2. The summed E-state index contributed by atoms with van der Waals surface area (Å²) in [5.74, 6) is -1.07. The molecule has 2 unspecified atom stereocenters. The van der Waals surface area contributed by atoms with E-state index >= 15 is 0 Å². The Labute approximate surface area is 122 Å². The van der Waals surface area contributed by atoms with Gasteiger partial charge in [-0.2, -0.15) is 8.42 Å². The van der Waals surface area contributed by atoms with Gasteiger partial charge in [0.15, 0.2) is 0 Å². The van der Waals surface area contributed by atoms with Gasteiger partial charge in [-0.3, -0.25) is 4.79 Å². The second-order valence-corrected chi connectivity index (χ2v) is 7.53. The highest BCUT2D eigenvalue weighted by Gasteiger charge is 2.37. The van der Waals surface area contributed by atoms with E-state index in [1.165, 1.54) is 0 Å². The minimum Gasteiger partial charge on any atom is -0.335 e. The molecule has 112 valence electrons. The predicted molar refractivity (Wildman–Crippen MR) is 76.7 cm³/mol. The van der Waals surface area contributed by atoms with Crippen LogP contribution in [0.25, 0.3) is 0 Å². The van der Waals surface area contributed by atoms with Crippen molar-refractivity contribution in [1.29, 1.82) is 0 Å². The Hall–Kier alpha value is -0.950. The maximum atomic E-state index is 12.8. The minimum atomic E-state index is -4.52. The lowest BCUT2D eigenvalue weighted by Crippen LogP contribution is -2.30. The monoisotopic (exact) mass is 319 g/mol. The highest BCUT2D eigenvalue weighted by Crippen LogP contribution is 2.34. The molecular formula is C13H18FNO3S2. The van der Waals surface area contributed by atoms with Crippen LogP contribution in [0.4, 0.5) is 3.89 Å². The predicted octanol–water partition coefficient (Wildman–Crippen LogP) is 2.74. The van der Waals surface area contributed by atoms with Crippen molar-refractivity contribution in [2.24, 2.45) is 5.92 Å². The largest absolute Gasteiger partial charge is 0.335 e. The summed E-state index contributed by atoms with van der Waals surface area (Å²) in [4.78, 5) is 14.9. The van der Waals surface area contributed by atoms with E-state index in [0.717, 1.165) is 17.7 Å². The Morgan fingerprint density at radius 2 is 2.30 bits per heavy atom. The molecule has 2 heterocycles. The molecule has 1 amide bonds. The van der Waals surface area contributed by atoms with Crippen LogP contribution in [0.15, 0.2) is 17.5 Å². The van der Waals surface area contributed by atoms with Gasteiger partial charge in [-0.15, -0.1) is 15.2 Å². The molecule has 2 rings (SSSR count).